The standard InChI is InChI=1S/C14H15N3O3S/c1-3-7-20-13-10(5-4-6-11(13)19-2)8-15-17-14-16-12(18)9-21-14/h3-6,8H,1,7,9H2,2H3,(H,16,17,18). The van der Waals surface area contributed by atoms with Crippen LogP contribution < -0.4 is 14.8 Å². The number of amidine groups is 1. The van der Waals surface area contributed by atoms with E-state index in [1.165, 1.54) is 11.8 Å². The molecule has 1 amide bonds. The van der Waals surface area contributed by atoms with Gasteiger partial charge in [-0.05, 0) is 12.1 Å². The minimum atomic E-state index is -0.0645. The molecule has 2 rings (SSSR count). The number of methoxy groups -OCH3 is 1. The van der Waals surface area contributed by atoms with E-state index in [9.17, 15) is 4.79 Å². The molecular formula is C14H15N3O3S. The van der Waals surface area contributed by atoms with Gasteiger partial charge in [-0.15, -0.1) is 5.10 Å². The number of thioether (sulfide) groups is 1. The SMILES string of the molecule is C=CCOc1c(C=NN=C2NC(=O)CS2)cccc1OC. The van der Waals surface area contributed by atoms with E-state index in [1.807, 2.05) is 12.1 Å². The zero-order chi connectivity index (χ0) is 15.1. The van der Waals surface area contributed by atoms with Gasteiger partial charge in [-0.25, -0.2) is 0 Å². The summed E-state index contributed by atoms with van der Waals surface area (Å²) in [6, 6.07) is 5.47. The Morgan fingerprint density at radius 3 is 3.05 bits per heavy atom. The van der Waals surface area contributed by atoms with Crippen LogP contribution in [0.15, 0.2) is 41.1 Å². The molecular weight excluding hydrogens is 290 g/mol. The van der Waals surface area contributed by atoms with E-state index in [-0.39, 0.29) is 5.91 Å². The van der Waals surface area contributed by atoms with Crippen LogP contribution in [0.4, 0.5) is 0 Å². The molecule has 1 aliphatic heterocycles. The van der Waals surface area contributed by atoms with Gasteiger partial charge in [0.15, 0.2) is 16.7 Å². The van der Waals surface area contributed by atoms with Gasteiger partial charge in [0.2, 0.25) is 5.91 Å². The topological polar surface area (TPSA) is 72.3 Å². The number of ether oxygens (including phenoxy) is 2. The summed E-state index contributed by atoms with van der Waals surface area (Å²) in [5.41, 5.74) is 0.731. The zero-order valence-electron chi connectivity index (χ0n) is 11.5. The van der Waals surface area contributed by atoms with Crippen molar-refractivity contribution < 1.29 is 14.3 Å². The van der Waals surface area contributed by atoms with Gasteiger partial charge in [-0.3, -0.25) is 4.79 Å². The summed E-state index contributed by atoms with van der Waals surface area (Å²) in [4.78, 5) is 11.0. The van der Waals surface area contributed by atoms with Crippen molar-refractivity contribution in [2.45, 2.75) is 0 Å². The molecule has 7 heteroatoms. The lowest BCUT2D eigenvalue weighted by Crippen LogP contribution is -2.19. The summed E-state index contributed by atoms with van der Waals surface area (Å²) in [5, 5.41) is 11.0. The van der Waals surface area contributed by atoms with Gasteiger partial charge in [-0.2, -0.15) is 5.10 Å². The van der Waals surface area contributed by atoms with Crippen LogP contribution in [0.25, 0.3) is 0 Å². The normalized spacial score (nSPS) is 16.2. The first kappa shape index (κ1) is 15.1. The maximum atomic E-state index is 11.0. The van der Waals surface area contributed by atoms with E-state index < -0.39 is 0 Å². The van der Waals surface area contributed by atoms with Crippen LogP contribution >= 0.6 is 11.8 Å². The Kier molecular flexibility index (Phi) is 5.39. The number of benzene rings is 1. The van der Waals surface area contributed by atoms with Gasteiger partial charge < -0.3 is 14.8 Å². The van der Waals surface area contributed by atoms with E-state index in [2.05, 4.69) is 22.1 Å². The predicted molar refractivity (Wildman–Crippen MR) is 84.3 cm³/mol. The van der Waals surface area contributed by atoms with Crippen molar-refractivity contribution in [1.82, 2.24) is 5.32 Å². The number of nitrogens with one attached hydrogen (secondary N) is 1. The molecule has 1 fully saturated rings. The summed E-state index contributed by atoms with van der Waals surface area (Å²) >= 11 is 1.32. The largest absolute Gasteiger partial charge is 0.493 e. The molecule has 0 radical (unpaired) electrons. The fraction of sp³-hybridized carbons (Fsp3) is 0.214. The van der Waals surface area contributed by atoms with Crippen molar-refractivity contribution in [3.63, 3.8) is 0 Å². The lowest BCUT2D eigenvalue weighted by atomic mass is 10.2. The van der Waals surface area contributed by atoms with Crippen molar-refractivity contribution in [2.75, 3.05) is 19.5 Å². The average molecular weight is 305 g/mol. The molecule has 1 aliphatic rings. The van der Waals surface area contributed by atoms with E-state index in [0.717, 1.165) is 5.56 Å². The van der Waals surface area contributed by atoms with E-state index in [1.54, 1.807) is 25.5 Å². The smallest absolute Gasteiger partial charge is 0.236 e. The highest BCUT2D eigenvalue weighted by Gasteiger charge is 2.16. The molecule has 1 aromatic rings. The lowest BCUT2D eigenvalue weighted by Gasteiger charge is -2.11. The zero-order valence-corrected chi connectivity index (χ0v) is 12.4. The third-order valence-electron chi connectivity index (χ3n) is 2.51. The number of carbonyl (C=O) groups excluding carboxylic acids is 1. The van der Waals surface area contributed by atoms with Crippen molar-refractivity contribution in [1.29, 1.82) is 0 Å². The second-order valence-corrected chi connectivity index (χ2v) is 4.93. The van der Waals surface area contributed by atoms with Crippen LogP contribution in [-0.4, -0.2) is 36.8 Å². The molecule has 1 aromatic carbocycles. The van der Waals surface area contributed by atoms with Gasteiger partial charge in [0.1, 0.15) is 6.61 Å². The maximum absolute atomic E-state index is 11.0. The highest BCUT2D eigenvalue weighted by molar-refractivity contribution is 8.15. The Bertz CT molecular complexity index is 599. The predicted octanol–water partition coefficient (Wildman–Crippen LogP) is 1.81. The van der Waals surface area contributed by atoms with Crippen molar-refractivity contribution in [3.8, 4) is 11.5 Å². The van der Waals surface area contributed by atoms with Crippen LogP contribution in [0.1, 0.15) is 5.56 Å². The third kappa shape index (κ3) is 4.09. The Balaban J connectivity index is 2.18. The average Bonchev–Trinajstić information content (AvgIpc) is 2.91. The van der Waals surface area contributed by atoms with Crippen LogP contribution in [0, 0.1) is 0 Å². The van der Waals surface area contributed by atoms with Gasteiger partial charge in [0.25, 0.3) is 0 Å². The fourth-order valence-electron chi connectivity index (χ4n) is 1.61. The van der Waals surface area contributed by atoms with E-state index >= 15 is 0 Å². The van der Waals surface area contributed by atoms with Crippen molar-refractivity contribution in [2.24, 2.45) is 10.2 Å². The molecule has 0 spiro atoms. The molecule has 0 saturated carbocycles. The third-order valence-corrected chi connectivity index (χ3v) is 3.37. The highest BCUT2D eigenvalue weighted by atomic mass is 32.2. The van der Waals surface area contributed by atoms with Gasteiger partial charge in [0, 0.05) is 5.56 Å². The Morgan fingerprint density at radius 1 is 1.52 bits per heavy atom. The molecule has 110 valence electrons. The number of hydrogen-bond acceptors (Lipinski definition) is 6. The molecule has 1 heterocycles. The Labute approximate surface area is 126 Å². The summed E-state index contributed by atoms with van der Waals surface area (Å²) in [6.07, 6.45) is 3.21. The number of rotatable bonds is 6. The number of nitrogens with zero attached hydrogens (tertiary/aromatic N) is 2. The van der Waals surface area contributed by atoms with E-state index in [4.69, 9.17) is 9.47 Å². The van der Waals surface area contributed by atoms with Crippen LogP contribution in [0.2, 0.25) is 0 Å². The Hall–Kier alpha value is -2.28. The molecule has 0 aliphatic carbocycles. The molecule has 0 aromatic heterocycles. The minimum absolute atomic E-state index is 0.0645. The van der Waals surface area contributed by atoms with E-state index in [0.29, 0.717) is 29.0 Å². The lowest BCUT2D eigenvalue weighted by molar-refractivity contribution is -0.116. The molecule has 21 heavy (non-hydrogen) atoms. The first-order valence-corrected chi connectivity index (χ1v) is 7.17. The van der Waals surface area contributed by atoms with Crippen LogP contribution in [0.5, 0.6) is 11.5 Å². The van der Waals surface area contributed by atoms with Gasteiger partial charge in [0.05, 0.1) is 19.1 Å². The van der Waals surface area contributed by atoms with Crippen LogP contribution in [-0.2, 0) is 4.79 Å². The van der Waals surface area contributed by atoms with Gasteiger partial charge in [-0.1, -0.05) is 30.5 Å². The molecule has 0 bridgehead atoms. The monoisotopic (exact) mass is 305 g/mol. The number of amides is 1. The number of carbonyl (C=O) groups is 1. The summed E-state index contributed by atoms with van der Waals surface area (Å²) in [6.45, 7) is 3.98. The maximum Gasteiger partial charge on any atom is 0.236 e. The summed E-state index contributed by atoms with van der Waals surface area (Å²) in [5.74, 6) is 1.50. The molecule has 0 unspecified atom stereocenters. The minimum Gasteiger partial charge on any atom is -0.493 e. The Morgan fingerprint density at radius 2 is 2.38 bits per heavy atom. The number of para-hydroxylation sites is 1. The molecule has 1 N–H and O–H groups in total. The number of hydrogen-bond donors (Lipinski definition) is 1. The summed E-state index contributed by atoms with van der Waals surface area (Å²) in [7, 11) is 1.57. The summed E-state index contributed by atoms with van der Waals surface area (Å²) < 4.78 is 10.8. The fourth-order valence-corrected chi connectivity index (χ4v) is 2.25. The quantitative estimate of drug-likeness (QED) is 0.494. The van der Waals surface area contributed by atoms with Crippen molar-refractivity contribution >= 4 is 29.1 Å². The van der Waals surface area contributed by atoms with Crippen LogP contribution in [0.3, 0.4) is 0 Å². The second-order valence-electron chi connectivity index (χ2n) is 3.96. The molecule has 1 saturated heterocycles. The second kappa shape index (κ2) is 7.49. The molecule has 6 nitrogen and oxygen atoms in total. The first-order chi connectivity index (χ1) is 10.2. The first-order valence-electron chi connectivity index (χ1n) is 6.19. The van der Waals surface area contributed by atoms with Gasteiger partial charge >= 0.3 is 0 Å². The van der Waals surface area contributed by atoms with Crippen molar-refractivity contribution in [3.05, 3.63) is 36.4 Å². The molecule has 0 atom stereocenters. The highest BCUT2D eigenvalue weighted by Crippen LogP contribution is 2.30.